The van der Waals surface area contributed by atoms with Gasteiger partial charge in [0, 0.05) is 23.6 Å². The summed E-state index contributed by atoms with van der Waals surface area (Å²) in [6.07, 6.45) is -4.78. The zero-order valence-corrected chi connectivity index (χ0v) is 16.8. The van der Waals surface area contributed by atoms with Crippen LogP contribution in [0.15, 0.2) is 58.5 Å². The van der Waals surface area contributed by atoms with Gasteiger partial charge in [0.2, 0.25) is 5.91 Å². The first-order valence-corrected chi connectivity index (χ1v) is 9.96. The number of nitrogens with zero attached hydrogens (tertiary/aromatic N) is 2. The summed E-state index contributed by atoms with van der Waals surface area (Å²) in [5.74, 6) is -0.830. The minimum atomic E-state index is -4.78. The van der Waals surface area contributed by atoms with Crippen molar-refractivity contribution < 1.29 is 22.7 Å². The Hall–Kier alpha value is -3.47. The maximum atomic E-state index is 12.7. The van der Waals surface area contributed by atoms with E-state index in [-0.39, 0.29) is 17.1 Å². The smallest absolute Gasteiger partial charge is 0.406 e. The molecule has 2 aromatic heterocycles. The van der Waals surface area contributed by atoms with Crippen molar-refractivity contribution in [3.05, 3.63) is 58.9 Å². The van der Waals surface area contributed by atoms with Crippen molar-refractivity contribution in [2.75, 3.05) is 11.1 Å². The Balaban J connectivity index is 1.47. The summed E-state index contributed by atoms with van der Waals surface area (Å²) < 4.78 is 41.8. The molecule has 2 heterocycles. The lowest BCUT2D eigenvalue weighted by molar-refractivity contribution is -0.274. The molecule has 0 spiro atoms. The molecule has 0 saturated carbocycles. The lowest BCUT2D eigenvalue weighted by Gasteiger charge is -2.10. The maximum absolute atomic E-state index is 12.7. The summed E-state index contributed by atoms with van der Waals surface area (Å²) in [6.45, 7) is 0. The fourth-order valence-corrected chi connectivity index (χ4v) is 3.78. The molecule has 160 valence electrons. The highest BCUT2D eigenvalue weighted by molar-refractivity contribution is 7.99. The minimum absolute atomic E-state index is 0.0467. The molecule has 0 radical (unpaired) electrons. The zero-order chi connectivity index (χ0) is 22.2. The average Bonchev–Trinajstić information content (AvgIpc) is 3.09. The van der Waals surface area contributed by atoms with Crippen LogP contribution in [0.4, 0.5) is 18.9 Å². The number of thioether (sulfide) groups is 1. The molecule has 2 aromatic carbocycles. The summed E-state index contributed by atoms with van der Waals surface area (Å²) >= 11 is 1.08. The van der Waals surface area contributed by atoms with Crippen LogP contribution in [-0.4, -0.2) is 32.6 Å². The fraction of sp³-hybridized carbons (Fsp3) is 0.150. The van der Waals surface area contributed by atoms with Crippen molar-refractivity contribution in [2.45, 2.75) is 11.5 Å². The van der Waals surface area contributed by atoms with Crippen LogP contribution >= 0.6 is 11.8 Å². The molecule has 4 aromatic rings. The first-order valence-electron chi connectivity index (χ1n) is 8.97. The number of rotatable bonds is 5. The first kappa shape index (κ1) is 20.8. The molecule has 11 heteroatoms. The highest BCUT2D eigenvalue weighted by Gasteiger charge is 2.31. The highest BCUT2D eigenvalue weighted by Crippen LogP contribution is 2.25. The Bertz CT molecular complexity index is 1330. The van der Waals surface area contributed by atoms with E-state index in [1.54, 1.807) is 7.05 Å². The number of ether oxygens (including phenoxy) is 1. The van der Waals surface area contributed by atoms with Crippen LogP contribution in [0.3, 0.4) is 0 Å². The lowest BCUT2D eigenvalue weighted by Crippen LogP contribution is -2.21. The van der Waals surface area contributed by atoms with E-state index < -0.39 is 12.3 Å². The number of aromatic amines is 1. The number of amides is 1. The number of para-hydroxylation sites is 1. The summed E-state index contributed by atoms with van der Waals surface area (Å²) in [5, 5.41) is 3.76. The molecule has 31 heavy (non-hydrogen) atoms. The highest BCUT2D eigenvalue weighted by atomic mass is 32.2. The third-order valence-corrected chi connectivity index (χ3v) is 5.43. The lowest BCUT2D eigenvalue weighted by atomic mass is 10.2. The van der Waals surface area contributed by atoms with E-state index in [0.717, 1.165) is 34.8 Å². The van der Waals surface area contributed by atoms with E-state index in [1.165, 1.54) is 16.7 Å². The maximum Gasteiger partial charge on any atom is 0.573 e. The van der Waals surface area contributed by atoms with Gasteiger partial charge in [-0.05, 0) is 30.3 Å². The number of aromatic nitrogens is 3. The second-order valence-corrected chi connectivity index (χ2v) is 7.50. The second kappa shape index (κ2) is 7.99. The van der Waals surface area contributed by atoms with Crippen LogP contribution in [0.1, 0.15) is 0 Å². The average molecular weight is 448 g/mol. The van der Waals surface area contributed by atoms with E-state index in [0.29, 0.717) is 21.9 Å². The van der Waals surface area contributed by atoms with Gasteiger partial charge in [-0.1, -0.05) is 30.0 Å². The number of hydrogen-bond donors (Lipinski definition) is 2. The summed E-state index contributed by atoms with van der Waals surface area (Å²) in [7, 11) is 1.57. The van der Waals surface area contributed by atoms with Gasteiger partial charge in [-0.2, -0.15) is 0 Å². The Labute approximate surface area is 177 Å². The van der Waals surface area contributed by atoms with Gasteiger partial charge < -0.3 is 15.0 Å². The fourth-order valence-electron chi connectivity index (χ4n) is 3.02. The molecular formula is C20H15F3N4O3S. The Morgan fingerprint density at radius 2 is 1.90 bits per heavy atom. The number of alkyl halides is 3. The Morgan fingerprint density at radius 1 is 1.19 bits per heavy atom. The van der Waals surface area contributed by atoms with Crippen LogP contribution in [0, 0.1) is 0 Å². The number of fused-ring (bicyclic) bond motifs is 3. The molecule has 0 saturated heterocycles. The van der Waals surface area contributed by atoms with Crippen LogP contribution < -0.4 is 15.6 Å². The first-order chi connectivity index (χ1) is 14.7. The molecule has 7 nitrogen and oxygen atoms in total. The van der Waals surface area contributed by atoms with E-state index in [4.69, 9.17) is 0 Å². The van der Waals surface area contributed by atoms with Gasteiger partial charge in [-0.15, -0.1) is 13.2 Å². The van der Waals surface area contributed by atoms with Crippen LogP contribution in [0.2, 0.25) is 0 Å². The van der Waals surface area contributed by atoms with Crippen LogP contribution in [0.25, 0.3) is 21.9 Å². The van der Waals surface area contributed by atoms with E-state index in [1.807, 2.05) is 24.3 Å². The monoisotopic (exact) mass is 448 g/mol. The number of nitrogens with one attached hydrogen (secondary N) is 2. The van der Waals surface area contributed by atoms with E-state index in [9.17, 15) is 22.8 Å². The van der Waals surface area contributed by atoms with E-state index in [2.05, 4.69) is 20.0 Å². The molecule has 2 N–H and O–H groups in total. The molecule has 0 fully saturated rings. The van der Waals surface area contributed by atoms with Crippen LogP contribution in [0.5, 0.6) is 5.75 Å². The van der Waals surface area contributed by atoms with Crippen molar-refractivity contribution in [1.29, 1.82) is 0 Å². The molecule has 0 aliphatic heterocycles. The van der Waals surface area contributed by atoms with Gasteiger partial charge in [-0.3, -0.25) is 14.2 Å². The topological polar surface area (TPSA) is 89.0 Å². The van der Waals surface area contributed by atoms with Gasteiger partial charge in [0.05, 0.1) is 5.75 Å². The van der Waals surface area contributed by atoms with Gasteiger partial charge in [0.15, 0.2) is 5.16 Å². The predicted octanol–water partition coefficient (Wildman–Crippen LogP) is 4.04. The molecule has 0 aliphatic rings. The van der Waals surface area contributed by atoms with Crippen molar-refractivity contribution in [2.24, 2.45) is 7.05 Å². The molecule has 0 unspecified atom stereocenters. The second-order valence-electron chi connectivity index (χ2n) is 6.56. The van der Waals surface area contributed by atoms with Crippen molar-refractivity contribution in [1.82, 2.24) is 14.5 Å². The zero-order valence-electron chi connectivity index (χ0n) is 16.0. The van der Waals surface area contributed by atoms with Crippen molar-refractivity contribution in [3.8, 4) is 5.75 Å². The molecule has 0 bridgehead atoms. The molecule has 0 atom stereocenters. The molecule has 0 aliphatic carbocycles. The third-order valence-electron chi connectivity index (χ3n) is 4.40. The third kappa shape index (κ3) is 4.50. The van der Waals surface area contributed by atoms with Gasteiger partial charge in [-0.25, -0.2) is 4.98 Å². The van der Waals surface area contributed by atoms with Crippen molar-refractivity contribution >= 4 is 45.3 Å². The standard InChI is InChI=1S/C20H15F3N4O3S/c1-27-18(29)17-16(13-4-2-3-5-14(13)25-17)26-19(27)31-10-15(28)24-11-6-8-12(9-7-11)30-20(21,22)23/h2-9,25H,10H2,1H3,(H,24,28). The molecular weight excluding hydrogens is 433 g/mol. The number of carbonyl (C=O) groups excluding carboxylic acids is 1. The number of halogens is 3. The number of benzene rings is 2. The largest absolute Gasteiger partial charge is 0.573 e. The van der Waals surface area contributed by atoms with Crippen LogP contribution in [-0.2, 0) is 11.8 Å². The number of hydrogen-bond acceptors (Lipinski definition) is 5. The molecule has 4 rings (SSSR count). The number of anilines is 1. The van der Waals surface area contributed by atoms with Gasteiger partial charge in [0.1, 0.15) is 16.8 Å². The summed E-state index contributed by atoms with van der Waals surface area (Å²) in [4.78, 5) is 32.5. The minimum Gasteiger partial charge on any atom is -0.406 e. The quantitative estimate of drug-likeness (QED) is 0.355. The van der Waals surface area contributed by atoms with Crippen molar-refractivity contribution in [3.63, 3.8) is 0 Å². The summed E-state index contributed by atoms with van der Waals surface area (Å²) in [5.41, 5.74) is 1.76. The Kier molecular flexibility index (Phi) is 5.36. The van der Waals surface area contributed by atoms with E-state index >= 15 is 0 Å². The number of H-pyrrole nitrogens is 1. The Morgan fingerprint density at radius 3 is 2.61 bits per heavy atom. The SMILES string of the molecule is Cn1c(SCC(=O)Nc2ccc(OC(F)(F)F)cc2)nc2c([nH]c3ccccc32)c1=O. The predicted molar refractivity (Wildman–Crippen MR) is 111 cm³/mol. The van der Waals surface area contributed by atoms with Gasteiger partial charge >= 0.3 is 6.36 Å². The summed E-state index contributed by atoms with van der Waals surface area (Å²) in [6, 6.07) is 12.2. The normalized spacial score (nSPS) is 11.7. The number of carbonyl (C=O) groups is 1. The molecule has 1 amide bonds. The van der Waals surface area contributed by atoms with Gasteiger partial charge in [0.25, 0.3) is 5.56 Å².